The molecule has 1 heterocycles. The molecule has 0 bridgehead atoms. The van der Waals surface area contributed by atoms with Crippen molar-refractivity contribution in [3.8, 4) is 0 Å². The number of nitrogens with one attached hydrogen (secondary N) is 2. The van der Waals surface area contributed by atoms with Crippen LogP contribution in [-0.4, -0.2) is 32.6 Å². The molecule has 0 aliphatic rings. The first-order chi connectivity index (χ1) is 7.15. The lowest BCUT2D eigenvalue weighted by molar-refractivity contribution is -0.123. The fourth-order valence-electron chi connectivity index (χ4n) is 1.05. The van der Waals surface area contributed by atoms with Crippen LogP contribution in [0.1, 0.15) is 26.1 Å². The second kappa shape index (κ2) is 5.40. The monoisotopic (exact) mass is 212 g/mol. The number of carbonyl (C=O) groups is 1. The Balaban J connectivity index is 2.36. The molecule has 84 valence electrons. The van der Waals surface area contributed by atoms with Gasteiger partial charge >= 0.3 is 0 Å². The fourth-order valence-corrected chi connectivity index (χ4v) is 1.05. The number of amides is 1. The summed E-state index contributed by atoms with van der Waals surface area (Å²) in [4.78, 5) is 11.5. The number of carbonyl (C=O) groups excluding carboxylic acids is 1. The highest BCUT2D eigenvalue weighted by Gasteiger charge is 2.19. The van der Waals surface area contributed by atoms with Crippen LogP contribution in [0.15, 0.2) is 0 Å². The number of aromatic amines is 1. The Morgan fingerprint density at radius 1 is 1.67 bits per heavy atom. The Morgan fingerprint density at radius 3 is 2.93 bits per heavy atom. The Labute approximate surface area is 87.8 Å². The van der Waals surface area contributed by atoms with Gasteiger partial charge in [0.25, 0.3) is 0 Å². The quantitative estimate of drug-likeness (QED) is 0.591. The largest absolute Gasteiger partial charge is 0.347 e. The van der Waals surface area contributed by atoms with Crippen molar-refractivity contribution < 1.29 is 4.79 Å². The van der Waals surface area contributed by atoms with Crippen LogP contribution >= 0.6 is 0 Å². The summed E-state index contributed by atoms with van der Waals surface area (Å²) >= 11 is 0. The van der Waals surface area contributed by atoms with Crippen molar-refractivity contribution in [2.45, 2.75) is 32.9 Å². The smallest absolute Gasteiger partial charge is 0.237 e. The predicted molar refractivity (Wildman–Crippen MR) is 53.5 cm³/mol. The molecule has 15 heavy (non-hydrogen) atoms. The van der Waals surface area contributed by atoms with Gasteiger partial charge in [-0.1, -0.05) is 25.5 Å². The van der Waals surface area contributed by atoms with Crippen LogP contribution in [0.3, 0.4) is 0 Å². The van der Waals surface area contributed by atoms with Crippen LogP contribution < -0.4 is 11.1 Å². The number of aromatic nitrogens is 4. The molecule has 0 saturated heterocycles. The van der Waals surface area contributed by atoms with Crippen molar-refractivity contribution in [2.75, 3.05) is 0 Å². The third-order valence-corrected chi connectivity index (χ3v) is 2.37. The Kier molecular flexibility index (Phi) is 4.17. The summed E-state index contributed by atoms with van der Waals surface area (Å²) in [6.07, 6.45) is 0.872. The van der Waals surface area contributed by atoms with Crippen LogP contribution in [-0.2, 0) is 11.3 Å². The standard InChI is InChI=1S/C8H16N6O/c1-3-5(2)7(9)8(15)10-4-6-11-13-14-12-6/h5,7H,3-4,9H2,1-2H3,(H,10,15)(H,11,12,13,14)/t5-,7-/m0/s1. The molecule has 7 heteroatoms. The maximum absolute atomic E-state index is 11.5. The highest BCUT2D eigenvalue weighted by atomic mass is 16.2. The second-order valence-electron chi connectivity index (χ2n) is 3.46. The van der Waals surface area contributed by atoms with E-state index in [-0.39, 0.29) is 18.4 Å². The first-order valence-electron chi connectivity index (χ1n) is 4.90. The molecule has 0 spiro atoms. The molecule has 0 aliphatic carbocycles. The van der Waals surface area contributed by atoms with E-state index in [2.05, 4.69) is 25.9 Å². The van der Waals surface area contributed by atoms with E-state index < -0.39 is 6.04 Å². The lowest BCUT2D eigenvalue weighted by Gasteiger charge is -2.16. The summed E-state index contributed by atoms with van der Waals surface area (Å²) in [5, 5.41) is 15.8. The molecule has 1 amide bonds. The molecular formula is C8H16N6O. The Morgan fingerprint density at radius 2 is 2.40 bits per heavy atom. The zero-order valence-electron chi connectivity index (χ0n) is 8.90. The average Bonchev–Trinajstić information content (AvgIpc) is 2.76. The summed E-state index contributed by atoms with van der Waals surface area (Å²) in [7, 11) is 0. The van der Waals surface area contributed by atoms with Crippen molar-refractivity contribution >= 4 is 5.91 Å². The Hall–Kier alpha value is -1.50. The molecule has 0 saturated carbocycles. The molecule has 2 atom stereocenters. The minimum absolute atomic E-state index is 0.162. The van der Waals surface area contributed by atoms with E-state index >= 15 is 0 Å². The summed E-state index contributed by atoms with van der Waals surface area (Å²) in [6, 6.07) is -0.484. The van der Waals surface area contributed by atoms with Crippen molar-refractivity contribution in [1.29, 1.82) is 0 Å². The minimum Gasteiger partial charge on any atom is -0.347 e. The molecule has 0 aromatic carbocycles. The molecule has 1 rings (SSSR count). The van der Waals surface area contributed by atoms with E-state index in [1.54, 1.807) is 0 Å². The van der Waals surface area contributed by atoms with Gasteiger partial charge in [0, 0.05) is 0 Å². The van der Waals surface area contributed by atoms with Gasteiger partial charge in [0.2, 0.25) is 5.91 Å². The third-order valence-electron chi connectivity index (χ3n) is 2.37. The third kappa shape index (κ3) is 3.28. The van der Waals surface area contributed by atoms with Crippen LogP contribution in [0.2, 0.25) is 0 Å². The highest BCUT2D eigenvalue weighted by molar-refractivity contribution is 5.81. The SMILES string of the molecule is CC[C@H](C)[C@H](N)C(=O)NCc1nn[nH]n1. The van der Waals surface area contributed by atoms with E-state index in [1.807, 2.05) is 13.8 Å². The number of nitrogens with two attached hydrogens (primary N) is 1. The minimum atomic E-state index is -0.484. The van der Waals surface area contributed by atoms with E-state index in [1.165, 1.54) is 0 Å². The van der Waals surface area contributed by atoms with Crippen molar-refractivity contribution in [3.63, 3.8) is 0 Å². The van der Waals surface area contributed by atoms with Crippen LogP contribution in [0.25, 0.3) is 0 Å². The van der Waals surface area contributed by atoms with Gasteiger partial charge in [0.1, 0.15) is 0 Å². The number of H-pyrrole nitrogens is 1. The van der Waals surface area contributed by atoms with Gasteiger partial charge in [-0.25, -0.2) is 0 Å². The summed E-state index contributed by atoms with van der Waals surface area (Å²) < 4.78 is 0. The summed E-state index contributed by atoms with van der Waals surface area (Å²) in [5.41, 5.74) is 5.73. The lowest BCUT2D eigenvalue weighted by Crippen LogP contribution is -2.44. The van der Waals surface area contributed by atoms with Crippen molar-refractivity contribution in [1.82, 2.24) is 25.9 Å². The fraction of sp³-hybridized carbons (Fsp3) is 0.750. The van der Waals surface area contributed by atoms with Crippen LogP contribution in [0, 0.1) is 5.92 Å². The lowest BCUT2D eigenvalue weighted by atomic mass is 9.99. The highest BCUT2D eigenvalue weighted by Crippen LogP contribution is 2.04. The number of hydrogen-bond acceptors (Lipinski definition) is 5. The predicted octanol–water partition coefficient (Wildman–Crippen LogP) is -0.811. The summed E-state index contributed by atoms with van der Waals surface area (Å²) in [6.45, 7) is 4.19. The van der Waals surface area contributed by atoms with E-state index in [4.69, 9.17) is 5.73 Å². The van der Waals surface area contributed by atoms with Crippen LogP contribution in [0.4, 0.5) is 0 Å². The molecule has 0 unspecified atom stereocenters. The zero-order valence-corrected chi connectivity index (χ0v) is 8.90. The first kappa shape index (κ1) is 11.6. The van der Waals surface area contributed by atoms with Crippen LogP contribution in [0.5, 0.6) is 0 Å². The zero-order chi connectivity index (χ0) is 11.3. The van der Waals surface area contributed by atoms with E-state index in [9.17, 15) is 4.79 Å². The molecule has 0 fully saturated rings. The number of tetrazole rings is 1. The van der Waals surface area contributed by atoms with Gasteiger partial charge in [0.05, 0.1) is 12.6 Å². The van der Waals surface area contributed by atoms with Gasteiger partial charge in [0.15, 0.2) is 5.82 Å². The molecule has 1 aromatic heterocycles. The average molecular weight is 212 g/mol. The summed E-state index contributed by atoms with van der Waals surface area (Å²) in [5.74, 6) is 0.420. The van der Waals surface area contributed by atoms with Gasteiger partial charge in [-0.3, -0.25) is 4.79 Å². The topological polar surface area (TPSA) is 110 Å². The molecule has 4 N–H and O–H groups in total. The molecule has 0 aliphatic heterocycles. The van der Waals surface area contributed by atoms with Gasteiger partial charge in [-0.15, -0.1) is 10.2 Å². The first-order valence-corrected chi connectivity index (χ1v) is 4.90. The maximum atomic E-state index is 11.5. The normalized spacial score (nSPS) is 14.6. The van der Waals surface area contributed by atoms with Crippen molar-refractivity contribution in [2.24, 2.45) is 11.7 Å². The van der Waals surface area contributed by atoms with Gasteiger partial charge in [-0.05, 0) is 5.92 Å². The number of nitrogens with zero attached hydrogens (tertiary/aromatic N) is 3. The maximum Gasteiger partial charge on any atom is 0.237 e. The van der Waals surface area contributed by atoms with Gasteiger partial charge in [-0.2, -0.15) is 5.21 Å². The van der Waals surface area contributed by atoms with E-state index in [0.29, 0.717) is 5.82 Å². The second-order valence-corrected chi connectivity index (χ2v) is 3.46. The van der Waals surface area contributed by atoms with E-state index in [0.717, 1.165) is 6.42 Å². The molecule has 7 nitrogen and oxygen atoms in total. The number of hydrogen-bond donors (Lipinski definition) is 3. The molecule has 1 aromatic rings. The Bertz CT molecular complexity index is 298. The van der Waals surface area contributed by atoms with Crippen molar-refractivity contribution in [3.05, 3.63) is 5.82 Å². The molecular weight excluding hydrogens is 196 g/mol. The number of rotatable bonds is 5. The molecule has 0 radical (unpaired) electrons. The van der Waals surface area contributed by atoms with Gasteiger partial charge < -0.3 is 11.1 Å².